The minimum absolute atomic E-state index is 0.313. The van der Waals surface area contributed by atoms with Crippen molar-refractivity contribution in [2.75, 3.05) is 6.54 Å². The predicted molar refractivity (Wildman–Crippen MR) is 72.5 cm³/mol. The molecule has 0 aliphatic rings. The molecule has 0 spiro atoms. The van der Waals surface area contributed by atoms with Crippen LogP contribution in [-0.4, -0.2) is 28.7 Å². The molecule has 96 valence electrons. The Morgan fingerprint density at radius 3 is 2.59 bits per heavy atom. The van der Waals surface area contributed by atoms with E-state index in [4.69, 9.17) is 5.73 Å². The first kappa shape index (κ1) is 13.9. The maximum Gasteiger partial charge on any atom is 0.188 e. The molecule has 1 aromatic heterocycles. The summed E-state index contributed by atoms with van der Waals surface area (Å²) in [7, 11) is 0. The Morgan fingerprint density at radius 2 is 2.06 bits per heavy atom. The maximum atomic E-state index is 5.70. The summed E-state index contributed by atoms with van der Waals surface area (Å²) in [5, 5.41) is 13.4. The lowest BCUT2D eigenvalue weighted by molar-refractivity contribution is 0.722. The molecule has 0 aliphatic carbocycles. The molecule has 0 bridgehead atoms. The Morgan fingerprint density at radius 1 is 1.35 bits per heavy atom. The Bertz CT molecular complexity index is 370. The van der Waals surface area contributed by atoms with Gasteiger partial charge in [0.2, 0.25) is 0 Å². The highest BCUT2D eigenvalue weighted by atomic mass is 32.1. The summed E-state index contributed by atoms with van der Waals surface area (Å²) in [6, 6.07) is 0.313. The van der Waals surface area contributed by atoms with Gasteiger partial charge in [-0.1, -0.05) is 13.8 Å². The van der Waals surface area contributed by atoms with Gasteiger partial charge in [-0.15, -0.1) is 21.5 Å². The van der Waals surface area contributed by atoms with Gasteiger partial charge < -0.3 is 11.1 Å². The van der Waals surface area contributed by atoms with Crippen molar-refractivity contribution in [3.05, 3.63) is 10.0 Å². The molecule has 1 rings (SSSR count). The quantitative estimate of drug-likeness (QED) is 0.618. The summed E-state index contributed by atoms with van der Waals surface area (Å²) in [6.07, 6.45) is 0.796. The third kappa shape index (κ3) is 5.12. The molecule has 0 saturated heterocycles. The summed E-state index contributed by atoms with van der Waals surface area (Å²) in [4.78, 5) is 4.24. The summed E-state index contributed by atoms with van der Waals surface area (Å²) in [6.45, 7) is 8.95. The van der Waals surface area contributed by atoms with E-state index in [1.807, 2.05) is 13.8 Å². The number of guanidine groups is 1. The molecule has 0 saturated carbocycles. The Hall–Kier alpha value is -1.17. The van der Waals surface area contributed by atoms with Gasteiger partial charge in [-0.05, 0) is 13.8 Å². The van der Waals surface area contributed by atoms with Gasteiger partial charge in [-0.2, -0.15) is 0 Å². The van der Waals surface area contributed by atoms with E-state index in [1.165, 1.54) is 0 Å². The van der Waals surface area contributed by atoms with Crippen LogP contribution in [0.15, 0.2) is 4.99 Å². The van der Waals surface area contributed by atoms with Crippen molar-refractivity contribution >= 4 is 17.3 Å². The van der Waals surface area contributed by atoms with Gasteiger partial charge >= 0.3 is 0 Å². The van der Waals surface area contributed by atoms with Crippen LogP contribution in [0.3, 0.4) is 0 Å². The van der Waals surface area contributed by atoms with E-state index >= 15 is 0 Å². The van der Waals surface area contributed by atoms with E-state index in [0.29, 0.717) is 24.5 Å². The van der Waals surface area contributed by atoms with Crippen LogP contribution in [-0.2, 0) is 6.42 Å². The molecule has 5 nitrogen and oxygen atoms in total. The summed E-state index contributed by atoms with van der Waals surface area (Å²) in [5.74, 6) is 0.936. The van der Waals surface area contributed by atoms with Crippen molar-refractivity contribution in [1.82, 2.24) is 15.5 Å². The predicted octanol–water partition coefficient (Wildman–Crippen LogP) is 1.52. The number of aromatic nitrogens is 2. The summed E-state index contributed by atoms with van der Waals surface area (Å²) in [5.41, 5.74) is 5.70. The Kier molecular flexibility index (Phi) is 5.34. The Labute approximate surface area is 107 Å². The molecular formula is C11H21N5S. The molecule has 0 atom stereocenters. The molecule has 0 aromatic carbocycles. The molecule has 1 aromatic rings. The zero-order chi connectivity index (χ0) is 12.8. The molecule has 0 unspecified atom stereocenters. The SMILES string of the molecule is CC(C)NC(N)=NCCc1nnc(C(C)C)s1. The highest BCUT2D eigenvalue weighted by molar-refractivity contribution is 7.11. The van der Waals surface area contributed by atoms with Crippen molar-refractivity contribution in [2.24, 2.45) is 10.7 Å². The molecule has 0 amide bonds. The minimum atomic E-state index is 0.313. The minimum Gasteiger partial charge on any atom is -0.370 e. The number of nitrogens with two attached hydrogens (primary N) is 1. The molecule has 6 heteroatoms. The van der Waals surface area contributed by atoms with E-state index in [2.05, 4.69) is 34.4 Å². The summed E-state index contributed by atoms with van der Waals surface area (Å²) < 4.78 is 0. The fourth-order valence-corrected chi connectivity index (χ4v) is 2.05. The fourth-order valence-electron chi connectivity index (χ4n) is 1.21. The number of aliphatic imine (C=N–C) groups is 1. The number of rotatable bonds is 5. The van der Waals surface area contributed by atoms with Crippen molar-refractivity contribution in [3.8, 4) is 0 Å². The van der Waals surface area contributed by atoms with Crippen LogP contribution in [0.4, 0.5) is 0 Å². The third-order valence-electron chi connectivity index (χ3n) is 2.02. The van der Waals surface area contributed by atoms with Gasteiger partial charge in [0.05, 0.1) is 0 Å². The van der Waals surface area contributed by atoms with E-state index < -0.39 is 0 Å². The van der Waals surface area contributed by atoms with Gasteiger partial charge in [-0.25, -0.2) is 0 Å². The van der Waals surface area contributed by atoms with Crippen LogP contribution in [0.2, 0.25) is 0 Å². The van der Waals surface area contributed by atoms with E-state index in [-0.39, 0.29) is 0 Å². The molecule has 17 heavy (non-hydrogen) atoms. The molecule has 3 N–H and O–H groups in total. The second kappa shape index (κ2) is 6.54. The number of nitrogens with one attached hydrogen (secondary N) is 1. The van der Waals surface area contributed by atoms with Crippen LogP contribution in [0.1, 0.15) is 43.6 Å². The van der Waals surface area contributed by atoms with Crippen molar-refractivity contribution < 1.29 is 0 Å². The second-order valence-electron chi connectivity index (χ2n) is 4.50. The molecular weight excluding hydrogens is 234 g/mol. The Balaban J connectivity index is 2.40. The van der Waals surface area contributed by atoms with Crippen LogP contribution in [0.5, 0.6) is 0 Å². The van der Waals surface area contributed by atoms with Crippen LogP contribution < -0.4 is 11.1 Å². The maximum absolute atomic E-state index is 5.70. The van der Waals surface area contributed by atoms with E-state index in [0.717, 1.165) is 16.4 Å². The van der Waals surface area contributed by atoms with Gasteiger partial charge in [-0.3, -0.25) is 4.99 Å². The monoisotopic (exact) mass is 255 g/mol. The molecule has 0 fully saturated rings. The van der Waals surface area contributed by atoms with Crippen molar-refractivity contribution in [2.45, 2.75) is 46.1 Å². The lowest BCUT2D eigenvalue weighted by Crippen LogP contribution is -2.36. The van der Waals surface area contributed by atoms with E-state index in [9.17, 15) is 0 Å². The zero-order valence-electron chi connectivity index (χ0n) is 10.9. The number of hydrogen-bond donors (Lipinski definition) is 2. The average Bonchev–Trinajstić information content (AvgIpc) is 2.65. The normalized spacial score (nSPS) is 12.5. The van der Waals surface area contributed by atoms with Gasteiger partial charge in [0.25, 0.3) is 0 Å². The molecule has 0 aliphatic heterocycles. The van der Waals surface area contributed by atoms with Gasteiger partial charge in [0.1, 0.15) is 10.0 Å². The smallest absolute Gasteiger partial charge is 0.188 e. The first-order valence-electron chi connectivity index (χ1n) is 5.87. The fraction of sp³-hybridized carbons (Fsp3) is 0.727. The van der Waals surface area contributed by atoms with Gasteiger partial charge in [0.15, 0.2) is 5.96 Å². The number of hydrogen-bond acceptors (Lipinski definition) is 4. The van der Waals surface area contributed by atoms with Crippen molar-refractivity contribution in [1.29, 1.82) is 0 Å². The second-order valence-corrected chi connectivity index (χ2v) is 5.60. The number of nitrogens with zero attached hydrogens (tertiary/aromatic N) is 3. The largest absolute Gasteiger partial charge is 0.370 e. The first-order chi connectivity index (χ1) is 7.99. The highest BCUT2D eigenvalue weighted by Gasteiger charge is 2.07. The molecule has 0 radical (unpaired) electrons. The lowest BCUT2D eigenvalue weighted by Gasteiger charge is -2.07. The van der Waals surface area contributed by atoms with Gasteiger partial charge in [0, 0.05) is 24.9 Å². The van der Waals surface area contributed by atoms with Crippen LogP contribution in [0.25, 0.3) is 0 Å². The highest BCUT2D eigenvalue weighted by Crippen LogP contribution is 2.18. The topological polar surface area (TPSA) is 76.2 Å². The summed E-state index contributed by atoms with van der Waals surface area (Å²) >= 11 is 1.65. The van der Waals surface area contributed by atoms with E-state index in [1.54, 1.807) is 11.3 Å². The van der Waals surface area contributed by atoms with Crippen LogP contribution >= 0.6 is 11.3 Å². The first-order valence-corrected chi connectivity index (χ1v) is 6.69. The zero-order valence-corrected chi connectivity index (χ0v) is 11.7. The lowest BCUT2D eigenvalue weighted by atomic mass is 10.2. The average molecular weight is 255 g/mol. The molecule has 1 heterocycles. The van der Waals surface area contributed by atoms with Crippen molar-refractivity contribution in [3.63, 3.8) is 0 Å². The standard InChI is InChI=1S/C11H21N5S/c1-7(2)10-16-15-9(17-10)5-6-13-11(12)14-8(3)4/h7-8H,5-6H2,1-4H3,(H3,12,13,14). The van der Waals surface area contributed by atoms with Crippen LogP contribution in [0, 0.1) is 0 Å². The third-order valence-corrected chi connectivity index (χ3v) is 3.30.